The van der Waals surface area contributed by atoms with Crippen molar-refractivity contribution in [2.24, 2.45) is 5.92 Å². The van der Waals surface area contributed by atoms with Crippen molar-refractivity contribution in [1.82, 2.24) is 9.62 Å². The first kappa shape index (κ1) is 19.4. The van der Waals surface area contributed by atoms with Gasteiger partial charge in [-0.3, -0.25) is 9.59 Å². The molecule has 4 rings (SSSR count). The molecular formula is C20H27N3O4S. The van der Waals surface area contributed by atoms with Crippen LogP contribution in [-0.2, 0) is 32.5 Å². The Bertz CT molecular complexity index is 891. The lowest BCUT2D eigenvalue weighted by atomic mass is 10.0. The zero-order valence-corrected chi connectivity index (χ0v) is 17.0. The van der Waals surface area contributed by atoms with Crippen LogP contribution in [0.4, 0.5) is 5.69 Å². The van der Waals surface area contributed by atoms with Crippen LogP contribution in [0.15, 0.2) is 18.2 Å². The fourth-order valence-electron chi connectivity index (χ4n) is 4.51. The number of anilines is 1. The second kappa shape index (κ2) is 7.48. The Labute approximate surface area is 166 Å². The Morgan fingerprint density at radius 3 is 2.57 bits per heavy atom. The Morgan fingerprint density at radius 2 is 1.86 bits per heavy atom. The van der Waals surface area contributed by atoms with Gasteiger partial charge in [0.15, 0.2) is 0 Å². The van der Waals surface area contributed by atoms with E-state index in [-0.39, 0.29) is 30.2 Å². The highest BCUT2D eigenvalue weighted by molar-refractivity contribution is 7.88. The number of fused-ring (bicyclic) bond motifs is 1. The summed E-state index contributed by atoms with van der Waals surface area (Å²) in [6, 6.07) is 6.16. The van der Waals surface area contributed by atoms with Crippen molar-refractivity contribution in [3.05, 3.63) is 29.3 Å². The summed E-state index contributed by atoms with van der Waals surface area (Å²) in [5.41, 5.74) is 3.57. The number of aryl methyl sites for hydroxylation is 2. The minimum absolute atomic E-state index is 0.00927. The molecule has 152 valence electrons. The third-order valence-electron chi connectivity index (χ3n) is 6.16. The van der Waals surface area contributed by atoms with Gasteiger partial charge in [-0.15, -0.1) is 0 Å². The molecule has 3 aliphatic rings. The van der Waals surface area contributed by atoms with Gasteiger partial charge in [0, 0.05) is 37.8 Å². The number of sulfonamides is 1. The van der Waals surface area contributed by atoms with Crippen LogP contribution in [0, 0.1) is 5.92 Å². The van der Waals surface area contributed by atoms with Gasteiger partial charge in [0.2, 0.25) is 21.8 Å². The molecule has 7 nitrogen and oxygen atoms in total. The molecule has 0 radical (unpaired) electrons. The van der Waals surface area contributed by atoms with Crippen molar-refractivity contribution >= 4 is 27.5 Å². The van der Waals surface area contributed by atoms with E-state index in [1.54, 1.807) is 4.90 Å². The maximum atomic E-state index is 12.7. The molecule has 2 amide bonds. The van der Waals surface area contributed by atoms with Gasteiger partial charge in [0.1, 0.15) is 0 Å². The third-order valence-corrected chi connectivity index (χ3v) is 7.46. The van der Waals surface area contributed by atoms with Crippen molar-refractivity contribution in [2.75, 3.05) is 30.8 Å². The molecule has 1 atom stereocenters. The molecule has 1 aromatic rings. The zero-order chi connectivity index (χ0) is 19.9. The highest BCUT2D eigenvalue weighted by Gasteiger charge is 2.36. The summed E-state index contributed by atoms with van der Waals surface area (Å²) in [5.74, 6) is -0.464. The maximum absolute atomic E-state index is 12.7. The second-order valence-electron chi connectivity index (χ2n) is 8.16. The van der Waals surface area contributed by atoms with E-state index >= 15 is 0 Å². The van der Waals surface area contributed by atoms with Gasteiger partial charge < -0.3 is 10.2 Å². The Balaban J connectivity index is 1.34. The summed E-state index contributed by atoms with van der Waals surface area (Å²) in [4.78, 5) is 26.9. The van der Waals surface area contributed by atoms with Gasteiger partial charge in [-0.1, -0.05) is 6.07 Å². The lowest BCUT2D eigenvalue weighted by Gasteiger charge is -2.31. The molecule has 0 aromatic heterocycles. The molecule has 1 N–H and O–H groups in total. The molecule has 0 saturated carbocycles. The van der Waals surface area contributed by atoms with E-state index in [4.69, 9.17) is 0 Å². The van der Waals surface area contributed by atoms with Gasteiger partial charge in [-0.2, -0.15) is 0 Å². The van der Waals surface area contributed by atoms with Gasteiger partial charge >= 0.3 is 0 Å². The van der Waals surface area contributed by atoms with E-state index in [2.05, 4.69) is 17.4 Å². The molecule has 0 bridgehead atoms. The lowest BCUT2D eigenvalue weighted by Crippen LogP contribution is -2.47. The first-order valence-corrected chi connectivity index (χ1v) is 11.8. The average molecular weight is 406 g/mol. The lowest BCUT2D eigenvalue weighted by molar-refractivity contribution is -0.127. The quantitative estimate of drug-likeness (QED) is 0.812. The summed E-state index contributed by atoms with van der Waals surface area (Å²) in [7, 11) is -3.17. The van der Waals surface area contributed by atoms with Gasteiger partial charge in [0.25, 0.3) is 0 Å². The molecule has 8 heteroatoms. The number of amides is 2. The fourth-order valence-corrected chi connectivity index (χ4v) is 5.38. The molecule has 1 aromatic carbocycles. The summed E-state index contributed by atoms with van der Waals surface area (Å²) >= 11 is 0. The van der Waals surface area contributed by atoms with E-state index in [1.807, 2.05) is 6.07 Å². The van der Waals surface area contributed by atoms with Crippen molar-refractivity contribution < 1.29 is 18.0 Å². The Morgan fingerprint density at radius 1 is 1.14 bits per heavy atom. The number of hydrogen-bond donors (Lipinski definition) is 1. The maximum Gasteiger partial charge on any atom is 0.227 e. The number of benzene rings is 1. The summed E-state index contributed by atoms with van der Waals surface area (Å²) in [6.45, 7) is 1.26. The molecule has 2 fully saturated rings. The topological polar surface area (TPSA) is 86.8 Å². The Kier molecular flexibility index (Phi) is 5.18. The number of hydrogen-bond acceptors (Lipinski definition) is 4. The predicted molar refractivity (Wildman–Crippen MR) is 107 cm³/mol. The number of carbonyl (C=O) groups excluding carboxylic acids is 2. The normalized spacial score (nSPS) is 23.8. The number of piperidine rings is 1. The van der Waals surface area contributed by atoms with Crippen LogP contribution in [0.5, 0.6) is 0 Å². The molecule has 28 heavy (non-hydrogen) atoms. The molecule has 1 unspecified atom stereocenters. The highest BCUT2D eigenvalue weighted by Crippen LogP contribution is 2.30. The van der Waals surface area contributed by atoms with Crippen LogP contribution >= 0.6 is 0 Å². The van der Waals surface area contributed by atoms with Crippen molar-refractivity contribution in [2.45, 2.75) is 44.6 Å². The first-order valence-electron chi connectivity index (χ1n) is 9.99. The molecule has 1 aliphatic carbocycles. The number of nitrogens with one attached hydrogen (secondary N) is 1. The number of carbonyl (C=O) groups is 2. The van der Waals surface area contributed by atoms with Crippen LogP contribution in [0.2, 0.25) is 0 Å². The van der Waals surface area contributed by atoms with Crippen LogP contribution < -0.4 is 10.2 Å². The Hall–Kier alpha value is -1.93. The van der Waals surface area contributed by atoms with E-state index in [9.17, 15) is 18.0 Å². The zero-order valence-electron chi connectivity index (χ0n) is 16.2. The average Bonchev–Trinajstić information content (AvgIpc) is 3.27. The molecule has 2 aliphatic heterocycles. The highest BCUT2D eigenvalue weighted by atomic mass is 32.2. The van der Waals surface area contributed by atoms with E-state index in [1.165, 1.54) is 21.7 Å². The fraction of sp³-hybridized carbons (Fsp3) is 0.600. The smallest absolute Gasteiger partial charge is 0.227 e. The summed E-state index contributed by atoms with van der Waals surface area (Å²) in [6.07, 6.45) is 5.97. The van der Waals surface area contributed by atoms with Crippen LogP contribution in [-0.4, -0.2) is 56.5 Å². The van der Waals surface area contributed by atoms with E-state index in [0.29, 0.717) is 32.5 Å². The largest absolute Gasteiger partial charge is 0.353 e. The molecular weight excluding hydrogens is 378 g/mol. The monoisotopic (exact) mass is 405 g/mol. The summed E-state index contributed by atoms with van der Waals surface area (Å²) in [5, 5.41) is 3.03. The van der Waals surface area contributed by atoms with Crippen molar-refractivity contribution in [3.63, 3.8) is 0 Å². The van der Waals surface area contributed by atoms with Crippen LogP contribution in [0.3, 0.4) is 0 Å². The minimum Gasteiger partial charge on any atom is -0.353 e. The van der Waals surface area contributed by atoms with Gasteiger partial charge in [0.05, 0.1) is 12.2 Å². The van der Waals surface area contributed by atoms with Gasteiger partial charge in [-0.25, -0.2) is 12.7 Å². The first-order chi connectivity index (χ1) is 13.3. The standard InChI is InChI=1S/C20H27N3O4S/c1-28(26,27)22-9-7-17(8-10-22)21-20(25)16-12-19(24)23(13-16)18-6-5-14-3-2-4-15(14)11-18/h5-6,11,16-17H,2-4,7-10,12-13H2,1H3,(H,21,25). The molecule has 2 heterocycles. The van der Waals surface area contributed by atoms with Crippen LogP contribution in [0.1, 0.15) is 36.8 Å². The van der Waals surface area contributed by atoms with E-state index < -0.39 is 10.0 Å². The van der Waals surface area contributed by atoms with E-state index in [0.717, 1.165) is 24.9 Å². The molecule has 0 spiro atoms. The van der Waals surface area contributed by atoms with Crippen molar-refractivity contribution in [3.8, 4) is 0 Å². The second-order valence-corrected chi connectivity index (χ2v) is 10.1. The molecule has 2 saturated heterocycles. The summed E-state index contributed by atoms with van der Waals surface area (Å²) < 4.78 is 24.6. The van der Waals surface area contributed by atoms with Gasteiger partial charge in [-0.05, 0) is 55.4 Å². The number of nitrogens with zero attached hydrogens (tertiary/aromatic N) is 2. The van der Waals surface area contributed by atoms with Crippen molar-refractivity contribution in [1.29, 1.82) is 0 Å². The number of rotatable bonds is 4. The predicted octanol–water partition coefficient (Wildman–Crippen LogP) is 1.07. The SMILES string of the molecule is CS(=O)(=O)N1CCC(NC(=O)C2CC(=O)N(c3ccc4c(c3)CCC4)C2)CC1. The van der Waals surface area contributed by atoms with Crippen LogP contribution in [0.25, 0.3) is 0 Å². The minimum atomic E-state index is -3.17. The third kappa shape index (κ3) is 3.93.